The first-order valence-corrected chi connectivity index (χ1v) is 12.0. The zero-order valence-corrected chi connectivity index (χ0v) is 20.5. The minimum absolute atomic E-state index is 0.0747. The Labute approximate surface area is 211 Å². The number of hydrogen-bond acceptors (Lipinski definition) is 6. The summed E-state index contributed by atoms with van der Waals surface area (Å²) < 4.78 is 0. The number of nitrogens with zero attached hydrogens (tertiary/aromatic N) is 4. The molecule has 184 valence electrons. The van der Waals surface area contributed by atoms with Crippen LogP contribution in [-0.4, -0.2) is 54.9 Å². The topological polar surface area (TPSA) is 101 Å². The zero-order chi connectivity index (χ0) is 25.5. The number of hydrogen-bond donors (Lipinski definition) is 2. The van der Waals surface area contributed by atoms with E-state index in [2.05, 4.69) is 28.6 Å². The molecule has 0 unspecified atom stereocenters. The summed E-state index contributed by atoms with van der Waals surface area (Å²) in [6, 6.07) is 22.3. The van der Waals surface area contributed by atoms with Crippen LogP contribution in [0.1, 0.15) is 35.6 Å². The average Bonchev–Trinajstić information content (AvgIpc) is 2.91. The quantitative estimate of drug-likeness (QED) is 0.511. The molecule has 1 aromatic heterocycles. The van der Waals surface area contributed by atoms with Crippen LogP contribution in [-0.2, 0) is 9.59 Å². The molecule has 0 radical (unpaired) electrons. The number of anilines is 2. The molecule has 1 aliphatic rings. The molecule has 2 atom stereocenters. The van der Waals surface area contributed by atoms with Gasteiger partial charge in [-0.05, 0) is 41.3 Å². The van der Waals surface area contributed by atoms with Gasteiger partial charge in [0.05, 0.1) is 30.1 Å². The Bertz CT molecular complexity index is 1220. The predicted molar refractivity (Wildman–Crippen MR) is 139 cm³/mol. The van der Waals surface area contributed by atoms with Crippen molar-refractivity contribution in [3.63, 3.8) is 0 Å². The first kappa shape index (κ1) is 24.9. The highest BCUT2D eigenvalue weighted by atomic mass is 16.2. The highest BCUT2D eigenvalue weighted by molar-refractivity contribution is 5.95. The number of benzene rings is 2. The third-order valence-corrected chi connectivity index (χ3v) is 6.45. The van der Waals surface area contributed by atoms with Gasteiger partial charge in [-0.3, -0.25) is 9.59 Å². The van der Waals surface area contributed by atoms with Crippen molar-refractivity contribution in [2.45, 2.75) is 18.9 Å². The third kappa shape index (κ3) is 6.06. The van der Waals surface area contributed by atoms with E-state index in [1.807, 2.05) is 53.4 Å². The summed E-state index contributed by atoms with van der Waals surface area (Å²) in [6.45, 7) is 4.39. The maximum Gasteiger partial charge on any atom is 0.247 e. The van der Waals surface area contributed by atoms with E-state index in [1.54, 1.807) is 36.3 Å². The Hall–Kier alpha value is -4.22. The van der Waals surface area contributed by atoms with Gasteiger partial charge in [-0.25, -0.2) is 4.98 Å². The molecule has 1 aliphatic heterocycles. The second-order valence-corrected chi connectivity index (χ2v) is 9.01. The SMILES string of the molecule is C[C@H](CN[C@@H](C(=O)Nc1ccc(N2CCN(C)C(=O)C2)cn1)c1ccccc1)c1ccc(C#N)cc1. The molecule has 1 saturated heterocycles. The lowest BCUT2D eigenvalue weighted by molar-refractivity contribution is -0.129. The van der Waals surface area contributed by atoms with Crippen molar-refractivity contribution in [3.05, 3.63) is 89.6 Å². The van der Waals surface area contributed by atoms with Gasteiger partial charge in [0.2, 0.25) is 11.8 Å². The van der Waals surface area contributed by atoms with Gasteiger partial charge in [0, 0.05) is 26.7 Å². The fourth-order valence-electron chi connectivity index (χ4n) is 4.13. The number of nitrogens with one attached hydrogen (secondary N) is 2. The van der Waals surface area contributed by atoms with Gasteiger partial charge >= 0.3 is 0 Å². The molecule has 3 aromatic rings. The second kappa shape index (κ2) is 11.5. The van der Waals surface area contributed by atoms with Crippen LogP contribution in [0, 0.1) is 11.3 Å². The summed E-state index contributed by atoms with van der Waals surface area (Å²) in [5.41, 5.74) is 3.42. The molecule has 2 aromatic carbocycles. The van der Waals surface area contributed by atoms with Crippen LogP contribution < -0.4 is 15.5 Å². The lowest BCUT2D eigenvalue weighted by Gasteiger charge is -2.33. The smallest absolute Gasteiger partial charge is 0.247 e. The van der Waals surface area contributed by atoms with Crippen molar-refractivity contribution in [2.24, 2.45) is 0 Å². The highest BCUT2D eigenvalue weighted by Crippen LogP contribution is 2.21. The number of rotatable bonds is 8. The number of amides is 2. The van der Waals surface area contributed by atoms with E-state index in [0.717, 1.165) is 23.4 Å². The van der Waals surface area contributed by atoms with Crippen molar-refractivity contribution < 1.29 is 9.59 Å². The second-order valence-electron chi connectivity index (χ2n) is 9.01. The average molecular weight is 483 g/mol. The monoisotopic (exact) mass is 482 g/mol. The summed E-state index contributed by atoms with van der Waals surface area (Å²) >= 11 is 0. The Balaban J connectivity index is 1.42. The van der Waals surface area contributed by atoms with Crippen molar-refractivity contribution >= 4 is 23.3 Å². The Morgan fingerprint density at radius 1 is 1.06 bits per heavy atom. The Kier molecular flexibility index (Phi) is 7.93. The first-order chi connectivity index (χ1) is 17.4. The molecule has 36 heavy (non-hydrogen) atoms. The molecule has 8 nitrogen and oxygen atoms in total. The molecular formula is C28H30N6O2. The maximum atomic E-state index is 13.3. The van der Waals surface area contributed by atoms with E-state index in [4.69, 9.17) is 5.26 Å². The number of carbonyl (C=O) groups is 2. The number of nitriles is 1. The number of carbonyl (C=O) groups excluding carboxylic acids is 2. The number of aromatic nitrogens is 1. The standard InChI is InChI=1S/C28H30N6O2/c1-20(22-10-8-21(16-29)9-11-22)17-31-27(23-6-4-3-5-7-23)28(36)32-25-13-12-24(18-30-25)34-15-14-33(2)26(35)19-34/h3-13,18,20,27,31H,14-15,17,19H2,1-2H3,(H,30,32,36)/t20-,27-/m1/s1. The molecule has 0 bridgehead atoms. The summed E-state index contributed by atoms with van der Waals surface area (Å²) in [5, 5.41) is 15.3. The molecule has 2 amide bonds. The summed E-state index contributed by atoms with van der Waals surface area (Å²) in [6.07, 6.45) is 1.69. The highest BCUT2D eigenvalue weighted by Gasteiger charge is 2.23. The molecule has 1 fully saturated rings. The van der Waals surface area contributed by atoms with Gasteiger partial charge < -0.3 is 20.4 Å². The normalized spacial score (nSPS) is 15.2. The molecule has 0 aliphatic carbocycles. The van der Waals surface area contributed by atoms with Crippen LogP contribution in [0.2, 0.25) is 0 Å². The van der Waals surface area contributed by atoms with Crippen LogP contribution in [0.5, 0.6) is 0 Å². The third-order valence-electron chi connectivity index (χ3n) is 6.45. The molecule has 2 heterocycles. The molecule has 8 heteroatoms. The van der Waals surface area contributed by atoms with Crippen LogP contribution in [0.3, 0.4) is 0 Å². The first-order valence-electron chi connectivity index (χ1n) is 12.0. The molecule has 0 saturated carbocycles. The zero-order valence-electron chi connectivity index (χ0n) is 20.5. The fourth-order valence-corrected chi connectivity index (χ4v) is 4.13. The molecule has 4 rings (SSSR count). The molecule has 2 N–H and O–H groups in total. The number of piperazine rings is 1. The van der Waals surface area contributed by atoms with Gasteiger partial charge in [-0.1, -0.05) is 49.4 Å². The van der Waals surface area contributed by atoms with Gasteiger partial charge in [-0.2, -0.15) is 5.26 Å². The van der Waals surface area contributed by atoms with Crippen LogP contribution in [0.15, 0.2) is 72.9 Å². The van der Waals surface area contributed by atoms with Crippen molar-refractivity contribution in [1.29, 1.82) is 5.26 Å². The molecule has 0 spiro atoms. The predicted octanol–water partition coefficient (Wildman–Crippen LogP) is 3.30. The van der Waals surface area contributed by atoms with Crippen LogP contribution in [0.4, 0.5) is 11.5 Å². The van der Waals surface area contributed by atoms with E-state index in [-0.39, 0.29) is 17.7 Å². The van der Waals surface area contributed by atoms with Crippen LogP contribution >= 0.6 is 0 Å². The largest absolute Gasteiger partial charge is 0.359 e. The van der Waals surface area contributed by atoms with Gasteiger partial charge in [0.25, 0.3) is 0 Å². The van der Waals surface area contributed by atoms with Crippen molar-refractivity contribution in [2.75, 3.05) is 43.4 Å². The van der Waals surface area contributed by atoms with Crippen molar-refractivity contribution in [3.8, 4) is 6.07 Å². The number of likely N-dealkylation sites (N-methyl/N-ethyl adjacent to an activating group) is 1. The minimum atomic E-state index is -0.566. The lowest BCUT2D eigenvalue weighted by Crippen LogP contribution is -2.48. The minimum Gasteiger partial charge on any atom is -0.359 e. The Morgan fingerprint density at radius 2 is 1.81 bits per heavy atom. The van der Waals surface area contributed by atoms with Gasteiger partial charge in [0.1, 0.15) is 11.9 Å². The van der Waals surface area contributed by atoms with Crippen LogP contribution in [0.25, 0.3) is 0 Å². The van der Waals surface area contributed by atoms with Gasteiger partial charge in [0.15, 0.2) is 0 Å². The van der Waals surface area contributed by atoms with E-state index >= 15 is 0 Å². The van der Waals surface area contributed by atoms with E-state index in [0.29, 0.717) is 31.0 Å². The summed E-state index contributed by atoms with van der Waals surface area (Å²) in [5.74, 6) is 0.460. The van der Waals surface area contributed by atoms with Crippen molar-refractivity contribution in [1.82, 2.24) is 15.2 Å². The summed E-state index contributed by atoms with van der Waals surface area (Å²) in [4.78, 5) is 33.4. The van der Waals surface area contributed by atoms with E-state index in [1.165, 1.54) is 0 Å². The number of pyridine rings is 1. The lowest BCUT2D eigenvalue weighted by atomic mass is 9.98. The summed E-state index contributed by atoms with van der Waals surface area (Å²) in [7, 11) is 1.80. The Morgan fingerprint density at radius 3 is 2.44 bits per heavy atom. The fraction of sp³-hybridized carbons (Fsp3) is 0.286. The van der Waals surface area contributed by atoms with Gasteiger partial charge in [-0.15, -0.1) is 0 Å². The van der Waals surface area contributed by atoms with E-state index in [9.17, 15) is 9.59 Å². The van der Waals surface area contributed by atoms with E-state index < -0.39 is 6.04 Å². The maximum absolute atomic E-state index is 13.3. The molecular weight excluding hydrogens is 452 g/mol.